The van der Waals surface area contributed by atoms with Crippen LogP contribution in [0.15, 0.2) is 40.9 Å². The minimum Gasteiger partial charge on any atom is -0.389 e. The molecular weight excluding hydrogens is 344 g/mol. The summed E-state index contributed by atoms with van der Waals surface area (Å²) in [6.07, 6.45) is 0. The molecule has 3 N–H and O–H groups in total. The van der Waals surface area contributed by atoms with Crippen LogP contribution in [0, 0.1) is 6.92 Å². The van der Waals surface area contributed by atoms with Crippen LogP contribution in [0.25, 0.3) is 0 Å². The Morgan fingerprint density at radius 1 is 1.21 bits per heavy atom. The zero-order valence-electron chi connectivity index (χ0n) is 10.2. The molecule has 19 heavy (non-hydrogen) atoms. The lowest BCUT2D eigenvalue weighted by Crippen LogP contribution is -2.12. The Morgan fingerprint density at radius 2 is 1.89 bits per heavy atom. The SMILES string of the molecule is Cc1ccc(Nc2ccc(Cl)cc2Br)c(C(N)=S)c1. The second kappa shape index (κ2) is 5.90. The first-order valence-corrected chi connectivity index (χ1v) is 7.18. The molecule has 0 saturated carbocycles. The van der Waals surface area contributed by atoms with E-state index in [9.17, 15) is 0 Å². The summed E-state index contributed by atoms with van der Waals surface area (Å²) in [4.78, 5) is 0.372. The van der Waals surface area contributed by atoms with Crippen LogP contribution in [0.3, 0.4) is 0 Å². The molecule has 0 aromatic heterocycles. The van der Waals surface area contributed by atoms with E-state index in [1.807, 2.05) is 43.3 Å². The van der Waals surface area contributed by atoms with Gasteiger partial charge in [-0.25, -0.2) is 0 Å². The molecule has 0 unspecified atom stereocenters. The quantitative estimate of drug-likeness (QED) is 0.778. The van der Waals surface area contributed by atoms with E-state index in [0.29, 0.717) is 10.0 Å². The normalized spacial score (nSPS) is 10.3. The number of benzene rings is 2. The molecule has 0 heterocycles. The van der Waals surface area contributed by atoms with Gasteiger partial charge >= 0.3 is 0 Å². The van der Waals surface area contributed by atoms with Gasteiger partial charge in [0.05, 0.1) is 5.69 Å². The first-order chi connectivity index (χ1) is 8.97. The Morgan fingerprint density at radius 3 is 2.53 bits per heavy atom. The third-order valence-corrected chi connectivity index (χ3v) is 3.75. The van der Waals surface area contributed by atoms with Crippen molar-refractivity contribution in [2.24, 2.45) is 5.73 Å². The predicted octanol–water partition coefficient (Wildman–Crippen LogP) is 4.79. The number of anilines is 2. The highest BCUT2D eigenvalue weighted by molar-refractivity contribution is 9.10. The van der Waals surface area contributed by atoms with Gasteiger partial charge in [0.1, 0.15) is 4.99 Å². The summed E-state index contributed by atoms with van der Waals surface area (Å²) in [5, 5.41) is 3.98. The summed E-state index contributed by atoms with van der Waals surface area (Å²) in [6, 6.07) is 11.5. The maximum atomic E-state index is 5.92. The van der Waals surface area contributed by atoms with Crippen LogP contribution >= 0.6 is 39.7 Å². The monoisotopic (exact) mass is 354 g/mol. The van der Waals surface area contributed by atoms with Crippen molar-refractivity contribution in [3.8, 4) is 0 Å². The smallest absolute Gasteiger partial charge is 0.106 e. The number of nitrogens with one attached hydrogen (secondary N) is 1. The first kappa shape index (κ1) is 14.3. The van der Waals surface area contributed by atoms with Crippen LogP contribution in [0.2, 0.25) is 5.02 Å². The lowest BCUT2D eigenvalue weighted by molar-refractivity contribution is 1.43. The Hall–Kier alpha value is -1.10. The van der Waals surface area contributed by atoms with Gasteiger partial charge in [0, 0.05) is 20.7 Å². The highest BCUT2D eigenvalue weighted by atomic mass is 79.9. The Labute approximate surface area is 131 Å². The van der Waals surface area contributed by atoms with Gasteiger partial charge in [-0.1, -0.05) is 35.4 Å². The molecule has 0 bridgehead atoms. The van der Waals surface area contributed by atoms with Gasteiger partial charge in [0.25, 0.3) is 0 Å². The van der Waals surface area contributed by atoms with Gasteiger partial charge < -0.3 is 11.1 Å². The van der Waals surface area contributed by atoms with Crippen LogP contribution in [0.5, 0.6) is 0 Å². The minimum atomic E-state index is 0.372. The van der Waals surface area contributed by atoms with Crippen molar-refractivity contribution in [3.63, 3.8) is 0 Å². The van der Waals surface area contributed by atoms with E-state index < -0.39 is 0 Å². The van der Waals surface area contributed by atoms with Crippen molar-refractivity contribution in [2.75, 3.05) is 5.32 Å². The molecule has 2 aromatic carbocycles. The fraction of sp³-hybridized carbons (Fsp3) is 0.0714. The number of hydrogen-bond donors (Lipinski definition) is 2. The zero-order valence-corrected chi connectivity index (χ0v) is 13.4. The predicted molar refractivity (Wildman–Crippen MR) is 89.5 cm³/mol. The molecule has 0 aliphatic rings. The lowest BCUT2D eigenvalue weighted by Gasteiger charge is -2.13. The zero-order chi connectivity index (χ0) is 14.0. The molecule has 0 atom stereocenters. The standard InChI is InChI=1S/C14H12BrClN2S/c1-8-2-4-12(10(6-8)14(17)19)18-13-5-3-9(16)7-11(13)15/h2-7,18H,1H3,(H2,17,19). The summed E-state index contributed by atoms with van der Waals surface area (Å²) in [5.41, 5.74) is 9.49. The molecule has 2 nitrogen and oxygen atoms in total. The second-order valence-electron chi connectivity index (χ2n) is 4.16. The topological polar surface area (TPSA) is 38.0 Å². The van der Waals surface area contributed by atoms with Gasteiger partial charge in [-0.2, -0.15) is 0 Å². The Balaban J connectivity index is 2.40. The molecule has 0 aliphatic carbocycles. The molecular formula is C14H12BrClN2S. The van der Waals surface area contributed by atoms with E-state index in [1.165, 1.54) is 0 Å². The van der Waals surface area contributed by atoms with Crippen LogP contribution in [0.1, 0.15) is 11.1 Å². The lowest BCUT2D eigenvalue weighted by atomic mass is 10.1. The van der Waals surface area contributed by atoms with Gasteiger partial charge in [-0.05, 0) is 53.2 Å². The maximum absolute atomic E-state index is 5.92. The Bertz CT molecular complexity index is 643. The Kier molecular flexibility index (Phi) is 4.45. The number of rotatable bonds is 3. The van der Waals surface area contributed by atoms with E-state index in [-0.39, 0.29) is 0 Å². The van der Waals surface area contributed by atoms with Crippen LogP contribution in [-0.4, -0.2) is 4.99 Å². The van der Waals surface area contributed by atoms with Gasteiger partial charge in [0.15, 0.2) is 0 Å². The average Bonchev–Trinajstić information content (AvgIpc) is 2.34. The van der Waals surface area contributed by atoms with Crippen LogP contribution in [0.4, 0.5) is 11.4 Å². The molecule has 5 heteroatoms. The molecule has 0 radical (unpaired) electrons. The summed E-state index contributed by atoms with van der Waals surface area (Å²) in [7, 11) is 0. The fourth-order valence-electron chi connectivity index (χ4n) is 1.71. The van der Waals surface area contributed by atoms with Crippen molar-refractivity contribution in [3.05, 3.63) is 57.0 Å². The van der Waals surface area contributed by atoms with E-state index in [2.05, 4.69) is 21.2 Å². The van der Waals surface area contributed by atoms with E-state index in [4.69, 9.17) is 29.6 Å². The number of hydrogen-bond acceptors (Lipinski definition) is 2. The number of aryl methyl sites for hydroxylation is 1. The van der Waals surface area contributed by atoms with Crippen LogP contribution in [-0.2, 0) is 0 Å². The van der Waals surface area contributed by atoms with Gasteiger partial charge in [-0.15, -0.1) is 0 Å². The van der Waals surface area contributed by atoms with E-state index in [0.717, 1.165) is 27.0 Å². The maximum Gasteiger partial charge on any atom is 0.106 e. The third kappa shape index (κ3) is 3.47. The summed E-state index contributed by atoms with van der Waals surface area (Å²) >= 11 is 14.5. The van der Waals surface area contributed by atoms with Crippen molar-refractivity contribution < 1.29 is 0 Å². The molecule has 2 rings (SSSR count). The fourth-order valence-corrected chi connectivity index (χ4v) is 2.66. The number of halogens is 2. The molecule has 0 fully saturated rings. The number of thiocarbonyl (C=S) groups is 1. The molecule has 0 saturated heterocycles. The number of nitrogens with two attached hydrogens (primary N) is 1. The van der Waals surface area contributed by atoms with Crippen molar-refractivity contribution in [1.82, 2.24) is 0 Å². The van der Waals surface area contributed by atoms with E-state index >= 15 is 0 Å². The molecule has 2 aromatic rings. The van der Waals surface area contributed by atoms with E-state index in [1.54, 1.807) is 0 Å². The van der Waals surface area contributed by atoms with Gasteiger partial charge in [-0.3, -0.25) is 0 Å². The molecule has 0 amide bonds. The highest BCUT2D eigenvalue weighted by Crippen LogP contribution is 2.30. The van der Waals surface area contributed by atoms with Crippen molar-refractivity contribution >= 4 is 56.1 Å². The average molecular weight is 356 g/mol. The van der Waals surface area contributed by atoms with Crippen LogP contribution < -0.4 is 11.1 Å². The molecule has 98 valence electrons. The first-order valence-electron chi connectivity index (χ1n) is 5.60. The summed E-state index contributed by atoms with van der Waals surface area (Å²) in [6.45, 7) is 2.00. The largest absolute Gasteiger partial charge is 0.389 e. The van der Waals surface area contributed by atoms with Crippen molar-refractivity contribution in [1.29, 1.82) is 0 Å². The van der Waals surface area contributed by atoms with Crippen molar-refractivity contribution in [2.45, 2.75) is 6.92 Å². The minimum absolute atomic E-state index is 0.372. The second-order valence-corrected chi connectivity index (χ2v) is 5.89. The molecule has 0 spiro atoms. The molecule has 0 aliphatic heterocycles. The van der Waals surface area contributed by atoms with Gasteiger partial charge in [0.2, 0.25) is 0 Å². The third-order valence-electron chi connectivity index (χ3n) is 2.64. The summed E-state index contributed by atoms with van der Waals surface area (Å²) < 4.78 is 0.884. The highest BCUT2D eigenvalue weighted by Gasteiger charge is 2.08. The summed E-state index contributed by atoms with van der Waals surface area (Å²) in [5.74, 6) is 0.